The average Bonchev–Trinajstić information content (AvgIpc) is 2.87. The second-order valence-corrected chi connectivity index (χ2v) is 5.97. The minimum absolute atomic E-state index is 0.102. The zero-order valence-electron chi connectivity index (χ0n) is 10.9. The summed E-state index contributed by atoms with van der Waals surface area (Å²) >= 11 is 1.56. The van der Waals surface area contributed by atoms with Crippen molar-refractivity contribution >= 4 is 29.5 Å². The predicted molar refractivity (Wildman–Crippen MR) is 70.6 cm³/mol. The Morgan fingerprint density at radius 1 is 1.32 bits per heavy atom. The summed E-state index contributed by atoms with van der Waals surface area (Å²) in [5.41, 5.74) is 0. The Kier molecular flexibility index (Phi) is 4.34. The van der Waals surface area contributed by atoms with Crippen molar-refractivity contribution in [3.8, 4) is 0 Å². The van der Waals surface area contributed by atoms with E-state index >= 15 is 0 Å². The van der Waals surface area contributed by atoms with E-state index in [1.54, 1.807) is 21.6 Å². The SMILES string of the molecule is CC(=O)N1CSC[C@@H]1C(=O)N1CCC[C@@H](C(=O)O)C1. The number of carboxylic acids is 1. The summed E-state index contributed by atoms with van der Waals surface area (Å²) in [4.78, 5) is 38.1. The molecular weight excluding hydrogens is 268 g/mol. The molecule has 0 radical (unpaired) electrons. The van der Waals surface area contributed by atoms with E-state index in [0.717, 1.165) is 0 Å². The molecule has 0 aromatic rings. The second-order valence-electron chi connectivity index (χ2n) is 4.97. The molecule has 2 aliphatic rings. The number of nitrogens with zero attached hydrogens (tertiary/aromatic N) is 2. The summed E-state index contributed by atoms with van der Waals surface area (Å²) in [6.07, 6.45) is 1.33. The summed E-state index contributed by atoms with van der Waals surface area (Å²) < 4.78 is 0. The van der Waals surface area contributed by atoms with E-state index < -0.39 is 17.9 Å². The molecule has 106 valence electrons. The number of thioether (sulfide) groups is 1. The van der Waals surface area contributed by atoms with E-state index in [4.69, 9.17) is 5.11 Å². The number of carbonyl (C=O) groups excluding carboxylic acids is 2. The molecule has 0 aromatic carbocycles. The van der Waals surface area contributed by atoms with E-state index in [2.05, 4.69) is 0 Å². The van der Waals surface area contributed by atoms with Crippen molar-refractivity contribution in [3.63, 3.8) is 0 Å². The first-order valence-electron chi connectivity index (χ1n) is 6.37. The van der Waals surface area contributed by atoms with Crippen molar-refractivity contribution in [2.24, 2.45) is 5.92 Å². The molecule has 2 amide bonds. The number of amides is 2. The summed E-state index contributed by atoms with van der Waals surface area (Å²) in [6.45, 7) is 2.32. The van der Waals surface area contributed by atoms with Crippen LogP contribution in [0.25, 0.3) is 0 Å². The molecule has 2 saturated heterocycles. The largest absolute Gasteiger partial charge is 0.481 e. The van der Waals surface area contributed by atoms with Gasteiger partial charge < -0.3 is 14.9 Å². The van der Waals surface area contributed by atoms with Crippen molar-refractivity contribution in [3.05, 3.63) is 0 Å². The highest BCUT2D eigenvalue weighted by Crippen LogP contribution is 2.25. The lowest BCUT2D eigenvalue weighted by atomic mass is 9.97. The third kappa shape index (κ3) is 3.02. The van der Waals surface area contributed by atoms with E-state index in [-0.39, 0.29) is 18.4 Å². The van der Waals surface area contributed by atoms with Gasteiger partial charge in [-0.3, -0.25) is 14.4 Å². The summed E-state index contributed by atoms with van der Waals surface area (Å²) in [5, 5.41) is 9.04. The van der Waals surface area contributed by atoms with Crippen LogP contribution in [0.5, 0.6) is 0 Å². The summed E-state index contributed by atoms with van der Waals surface area (Å²) in [7, 11) is 0. The van der Waals surface area contributed by atoms with E-state index in [1.807, 2.05) is 0 Å². The van der Waals surface area contributed by atoms with Gasteiger partial charge in [-0.05, 0) is 12.8 Å². The van der Waals surface area contributed by atoms with E-state index in [1.165, 1.54) is 6.92 Å². The molecule has 0 aliphatic carbocycles. The molecule has 6 nitrogen and oxygen atoms in total. The fourth-order valence-electron chi connectivity index (χ4n) is 2.55. The van der Waals surface area contributed by atoms with Crippen LogP contribution in [0.3, 0.4) is 0 Å². The second kappa shape index (κ2) is 5.81. The lowest BCUT2D eigenvalue weighted by molar-refractivity contribution is -0.149. The Labute approximate surface area is 116 Å². The van der Waals surface area contributed by atoms with Crippen molar-refractivity contribution < 1.29 is 19.5 Å². The Balaban J connectivity index is 2.02. The van der Waals surface area contributed by atoms with Crippen molar-refractivity contribution in [1.29, 1.82) is 0 Å². The van der Waals surface area contributed by atoms with Gasteiger partial charge in [0.05, 0.1) is 11.8 Å². The fourth-order valence-corrected chi connectivity index (χ4v) is 3.76. The topological polar surface area (TPSA) is 77.9 Å². The van der Waals surface area contributed by atoms with Gasteiger partial charge in [-0.1, -0.05) is 0 Å². The quantitative estimate of drug-likeness (QED) is 0.786. The Morgan fingerprint density at radius 3 is 2.68 bits per heavy atom. The number of aliphatic carboxylic acids is 1. The van der Waals surface area contributed by atoms with Crippen molar-refractivity contribution in [1.82, 2.24) is 9.80 Å². The number of likely N-dealkylation sites (tertiary alicyclic amines) is 1. The van der Waals surface area contributed by atoms with Crippen LogP contribution in [-0.4, -0.2) is 63.5 Å². The Morgan fingerprint density at radius 2 is 2.05 bits per heavy atom. The third-order valence-electron chi connectivity index (χ3n) is 3.65. The van der Waals surface area contributed by atoms with Crippen molar-refractivity contribution in [2.45, 2.75) is 25.8 Å². The smallest absolute Gasteiger partial charge is 0.308 e. The third-order valence-corrected chi connectivity index (χ3v) is 4.67. The van der Waals surface area contributed by atoms with Gasteiger partial charge in [0, 0.05) is 25.8 Å². The lowest BCUT2D eigenvalue weighted by Gasteiger charge is -2.34. The molecule has 0 spiro atoms. The highest BCUT2D eigenvalue weighted by Gasteiger charge is 2.38. The molecular formula is C12H18N2O4S. The maximum Gasteiger partial charge on any atom is 0.308 e. The highest BCUT2D eigenvalue weighted by atomic mass is 32.2. The number of rotatable bonds is 2. The molecule has 2 rings (SSSR count). The lowest BCUT2D eigenvalue weighted by Crippen LogP contribution is -2.51. The van der Waals surface area contributed by atoms with Crippen LogP contribution in [0.1, 0.15) is 19.8 Å². The average molecular weight is 286 g/mol. The van der Waals surface area contributed by atoms with Crippen LogP contribution in [0.2, 0.25) is 0 Å². The maximum absolute atomic E-state index is 12.4. The monoisotopic (exact) mass is 286 g/mol. The maximum atomic E-state index is 12.4. The van der Waals surface area contributed by atoms with Gasteiger partial charge in [-0.15, -0.1) is 11.8 Å². The molecule has 0 saturated carbocycles. The van der Waals surface area contributed by atoms with Crippen LogP contribution < -0.4 is 0 Å². The molecule has 19 heavy (non-hydrogen) atoms. The highest BCUT2D eigenvalue weighted by molar-refractivity contribution is 7.99. The van der Waals surface area contributed by atoms with Crippen LogP contribution in [0, 0.1) is 5.92 Å². The zero-order valence-corrected chi connectivity index (χ0v) is 11.7. The molecule has 0 bridgehead atoms. The van der Waals surface area contributed by atoms with Gasteiger partial charge >= 0.3 is 5.97 Å². The first kappa shape index (κ1) is 14.2. The number of hydrogen-bond acceptors (Lipinski definition) is 4. The summed E-state index contributed by atoms with van der Waals surface area (Å²) in [5.74, 6) is -0.380. The first-order chi connectivity index (χ1) is 9.00. The number of piperidine rings is 1. The minimum atomic E-state index is -0.846. The molecule has 7 heteroatoms. The van der Waals surface area contributed by atoms with Crippen molar-refractivity contribution in [2.75, 3.05) is 24.7 Å². The molecule has 0 unspecified atom stereocenters. The molecule has 2 heterocycles. The van der Waals surface area contributed by atoms with Gasteiger partial charge in [-0.25, -0.2) is 0 Å². The zero-order chi connectivity index (χ0) is 14.0. The number of hydrogen-bond donors (Lipinski definition) is 1. The van der Waals surface area contributed by atoms with Gasteiger partial charge in [0.2, 0.25) is 11.8 Å². The predicted octanol–water partition coefficient (Wildman–Crippen LogP) is 0.231. The fraction of sp³-hybridized carbons (Fsp3) is 0.750. The van der Waals surface area contributed by atoms with Gasteiger partial charge in [0.15, 0.2) is 0 Å². The summed E-state index contributed by atoms with van der Waals surface area (Å²) in [6, 6.07) is -0.421. The normalized spacial score (nSPS) is 27.4. The van der Waals surface area contributed by atoms with Crippen LogP contribution in [0.15, 0.2) is 0 Å². The first-order valence-corrected chi connectivity index (χ1v) is 7.52. The Bertz CT molecular complexity index is 401. The molecule has 2 fully saturated rings. The van der Waals surface area contributed by atoms with E-state index in [9.17, 15) is 14.4 Å². The van der Waals surface area contributed by atoms with Gasteiger partial charge in [0.1, 0.15) is 6.04 Å². The Hall–Kier alpha value is -1.24. The molecule has 1 N–H and O–H groups in total. The minimum Gasteiger partial charge on any atom is -0.481 e. The molecule has 2 aliphatic heterocycles. The molecule has 2 atom stereocenters. The van der Waals surface area contributed by atoms with E-state index in [0.29, 0.717) is 31.0 Å². The number of carbonyl (C=O) groups is 3. The van der Waals surface area contributed by atoms with Gasteiger partial charge in [-0.2, -0.15) is 0 Å². The molecule has 0 aromatic heterocycles. The number of carboxylic acid groups (broad SMARTS) is 1. The van der Waals surface area contributed by atoms with Gasteiger partial charge in [0.25, 0.3) is 0 Å². The standard InChI is InChI=1S/C12H18N2O4S/c1-8(15)14-7-19-6-10(14)11(16)13-4-2-3-9(5-13)12(17)18/h9-10H,2-7H2,1H3,(H,17,18)/t9-,10-/m1/s1. The van der Waals surface area contributed by atoms with Crippen LogP contribution in [0.4, 0.5) is 0 Å². The van der Waals surface area contributed by atoms with Crippen LogP contribution >= 0.6 is 11.8 Å². The van der Waals surface area contributed by atoms with Crippen LogP contribution in [-0.2, 0) is 14.4 Å².